The summed E-state index contributed by atoms with van der Waals surface area (Å²) in [6, 6.07) is 17.7. The van der Waals surface area contributed by atoms with Crippen molar-refractivity contribution in [1.29, 1.82) is 0 Å². The van der Waals surface area contributed by atoms with Crippen molar-refractivity contribution in [2.45, 2.75) is 6.04 Å². The van der Waals surface area contributed by atoms with Gasteiger partial charge in [-0.2, -0.15) is 0 Å². The van der Waals surface area contributed by atoms with E-state index in [1.165, 1.54) is 4.88 Å². The lowest BCUT2D eigenvalue weighted by Gasteiger charge is -2.23. The number of amides is 1. The Bertz CT molecular complexity index is 1110. The summed E-state index contributed by atoms with van der Waals surface area (Å²) in [6.07, 6.45) is 3.46. The zero-order valence-corrected chi connectivity index (χ0v) is 17.2. The van der Waals surface area contributed by atoms with Crippen molar-refractivity contribution in [3.63, 3.8) is 0 Å². The van der Waals surface area contributed by atoms with Crippen LogP contribution < -0.4 is 5.32 Å². The zero-order chi connectivity index (χ0) is 20.2. The summed E-state index contributed by atoms with van der Waals surface area (Å²) in [6.45, 7) is 0.535. The molecule has 6 heteroatoms. The highest BCUT2D eigenvalue weighted by Gasteiger charge is 2.19. The third-order valence-corrected chi connectivity index (χ3v) is 5.86. The van der Waals surface area contributed by atoms with Crippen LogP contribution in [0.3, 0.4) is 0 Å². The van der Waals surface area contributed by atoms with Gasteiger partial charge in [-0.05, 0) is 49.8 Å². The first kappa shape index (κ1) is 19.2. The van der Waals surface area contributed by atoms with Crippen LogP contribution >= 0.6 is 11.3 Å². The lowest BCUT2D eigenvalue weighted by molar-refractivity contribution is 0.0944. The number of hydrogen-bond acceptors (Lipinski definition) is 5. The first-order valence-electron chi connectivity index (χ1n) is 9.41. The largest absolute Gasteiger partial charge is 0.350 e. The molecule has 146 valence electrons. The Kier molecular flexibility index (Phi) is 5.64. The van der Waals surface area contributed by atoms with Gasteiger partial charge in [0.05, 0.1) is 22.8 Å². The minimum absolute atomic E-state index is 0.0951. The molecule has 3 aromatic heterocycles. The van der Waals surface area contributed by atoms with Gasteiger partial charge in [-0.25, -0.2) is 4.98 Å². The summed E-state index contributed by atoms with van der Waals surface area (Å²) >= 11 is 1.70. The standard InChI is InChI=1S/C23H22N4OS/c1-27(2)21(22-8-5-13-29-22)15-25-23(28)18-14-20(16-9-11-24-12-10-16)26-19-7-4-3-6-17(18)19/h3-14,21H,15H2,1-2H3,(H,25,28)/t21-/m1/s1. The molecule has 0 saturated carbocycles. The molecule has 0 aliphatic heterocycles. The number of fused-ring (bicyclic) bond motifs is 1. The number of aromatic nitrogens is 2. The number of pyridine rings is 2. The molecule has 4 aromatic rings. The van der Waals surface area contributed by atoms with Crippen molar-refractivity contribution >= 4 is 28.1 Å². The Morgan fingerprint density at radius 3 is 2.62 bits per heavy atom. The second-order valence-electron chi connectivity index (χ2n) is 7.01. The van der Waals surface area contributed by atoms with Gasteiger partial charge < -0.3 is 10.2 Å². The number of likely N-dealkylation sites (N-methyl/N-ethyl adjacent to an activating group) is 1. The van der Waals surface area contributed by atoms with E-state index in [0.29, 0.717) is 12.1 Å². The normalized spacial score (nSPS) is 12.2. The molecule has 1 N–H and O–H groups in total. The summed E-state index contributed by atoms with van der Waals surface area (Å²) in [5.74, 6) is -0.0951. The van der Waals surface area contributed by atoms with Crippen LogP contribution in [0.15, 0.2) is 72.4 Å². The van der Waals surface area contributed by atoms with Crippen LogP contribution in [-0.2, 0) is 0 Å². The summed E-state index contributed by atoms with van der Waals surface area (Å²) in [7, 11) is 4.06. The van der Waals surface area contributed by atoms with E-state index in [9.17, 15) is 4.79 Å². The molecule has 0 radical (unpaired) electrons. The Morgan fingerprint density at radius 2 is 1.90 bits per heavy atom. The van der Waals surface area contributed by atoms with E-state index in [4.69, 9.17) is 4.98 Å². The molecule has 4 rings (SSSR count). The molecule has 1 aromatic carbocycles. The van der Waals surface area contributed by atoms with Crippen LogP contribution in [0.1, 0.15) is 21.3 Å². The highest BCUT2D eigenvalue weighted by Crippen LogP contribution is 2.26. The minimum Gasteiger partial charge on any atom is -0.350 e. The molecule has 5 nitrogen and oxygen atoms in total. The van der Waals surface area contributed by atoms with E-state index >= 15 is 0 Å². The second kappa shape index (κ2) is 8.51. The number of hydrogen-bond donors (Lipinski definition) is 1. The van der Waals surface area contributed by atoms with Crippen molar-refractivity contribution in [2.75, 3.05) is 20.6 Å². The third kappa shape index (κ3) is 4.18. The van der Waals surface area contributed by atoms with Crippen LogP contribution in [-0.4, -0.2) is 41.4 Å². The molecule has 0 spiro atoms. The maximum atomic E-state index is 13.2. The van der Waals surface area contributed by atoms with Gasteiger partial charge in [0.25, 0.3) is 5.91 Å². The van der Waals surface area contributed by atoms with E-state index in [0.717, 1.165) is 22.2 Å². The first-order valence-corrected chi connectivity index (χ1v) is 10.3. The highest BCUT2D eigenvalue weighted by atomic mass is 32.1. The molecular formula is C23H22N4OS. The molecule has 0 aliphatic rings. The number of benzene rings is 1. The lowest BCUT2D eigenvalue weighted by atomic mass is 10.0. The van der Waals surface area contributed by atoms with Gasteiger partial charge in [-0.3, -0.25) is 9.78 Å². The fourth-order valence-electron chi connectivity index (χ4n) is 3.34. The fourth-order valence-corrected chi connectivity index (χ4v) is 4.26. The number of para-hydroxylation sites is 1. The van der Waals surface area contributed by atoms with Gasteiger partial charge in [0.15, 0.2) is 0 Å². The molecule has 0 saturated heterocycles. The van der Waals surface area contributed by atoms with E-state index in [-0.39, 0.29) is 11.9 Å². The second-order valence-corrected chi connectivity index (χ2v) is 7.99. The molecule has 29 heavy (non-hydrogen) atoms. The van der Waals surface area contributed by atoms with Crippen molar-refractivity contribution in [3.8, 4) is 11.3 Å². The minimum atomic E-state index is -0.0951. The fraction of sp³-hybridized carbons (Fsp3) is 0.174. The van der Waals surface area contributed by atoms with Crippen LogP contribution in [0, 0.1) is 0 Å². The van der Waals surface area contributed by atoms with Gasteiger partial charge in [0, 0.05) is 34.8 Å². The summed E-state index contributed by atoms with van der Waals surface area (Å²) < 4.78 is 0. The maximum Gasteiger partial charge on any atom is 0.252 e. The van der Waals surface area contributed by atoms with Crippen molar-refractivity contribution in [1.82, 2.24) is 20.2 Å². The van der Waals surface area contributed by atoms with Crippen molar-refractivity contribution in [3.05, 3.63) is 82.8 Å². The lowest BCUT2D eigenvalue weighted by Crippen LogP contribution is -2.34. The molecule has 1 atom stereocenters. The molecular weight excluding hydrogens is 380 g/mol. The number of rotatable bonds is 6. The maximum absolute atomic E-state index is 13.2. The van der Waals surface area contributed by atoms with Gasteiger partial charge in [-0.15, -0.1) is 11.3 Å². The predicted octanol–water partition coefficient (Wildman–Crippen LogP) is 4.39. The molecule has 0 aliphatic carbocycles. The average molecular weight is 403 g/mol. The first-order chi connectivity index (χ1) is 14.1. The monoisotopic (exact) mass is 402 g/mol. The van der Waals surface area contributed by atoms with E-state index in [1.807, 2.05) is 62.6 Å². The van der Waals surface area contributed by atoms with Crippen LogP contribution in [0.4, 0.5) is 0 Å². The van der Waals surface area contributed by atoms with Crippen molar-refractivity contribution < 1.29 is 4.79 Å². The van der Waals surface area contributed by atoms with Gasteiger partial charge in [-0.1, -0.05) is 24.3 Å². The Morgan fingerprint density at radius 1 is 1.10 bits per heavy atom. The summed E-state index contributed by atoms with van der Waals surface area (Å²) in [5.41, 5.74) is 3.13. The molecule has 0 bridgehead atoms. The average Bonchev–Trinajstić information content (AvgIpc) is 3.28. The number of nitrogens with zero attached hydrogens (tertiary/aromatic N) is 3. The number of nitrogens with one attached hydrogen (secondary N) is 1. The van der Waals surface area contributed by atoms with Gasteiger partial charge >= 0.3 is 0 Å². The van der Waals surface area contributed by atoms with Gasteiger partial charge in [0.1, 0.15) is 0 Å². The SMILES string of the molecule is CN(C)[C@H](CNC(=O)c1cc(-c2ccncc2)nc2ccccc12)c1cccs1. The number of carbonyl (C=O) groups is 1. The van der Waals surface area contributed by atoms with Crippen LogP contribution in [0.2, 0.25) is 0 Å². The van der Waals surface area contributed by atoms with Crippen LogP contribution in [0.25, 0.3) is 22.2 Å². The Balaban J connectivity index is 1.66. The predicted molar refractivity (Wildman–Crippen MR) is 118 cm³/mol. The molecule has 1 amide bonds. The summed E-state index contributed by atoms with van der Waals surface area (Å²) in [5, 5.41) is 6.03. The van der Waals surface area contributed by atoms with Gasteiger partial charge in [0.2, 0.25) is 0 Å². The summed E-state index contributed by atoms with van der Waals surface area (Å²) in [4.78, 5) is 25.3. The number of carbonyl (C=O) groups excluding carboxylic acids is 1. The zero-order valence-electron chi connectivity index (χ0n) is 16.4. The quantitative estimate of drug-likeness (QED) is 0.520. The number of thiophene rings is 1. The van der Waals surface area contributed by atoms with E-state index < -0.39 is 0 Å². The Labute approximate surface area is 174 Å². The van der Waals surface area contributed by atoms with Crippen molar-refractivity contribution in [2.24, 2.45) is 0 Å². The molecule has 0 unspecified atom stereocenters. The van der Waals surface area contributed by atoms with Crippen LogP contribution in [0.5, 0.6) is 0 Å². The highest BCUT2D eigenvalue weighted by molar-refractivity contribution is 7.10. The molecule has 3 heterocycles. The van der Waals surface area contributed by atoms with E-state index in [2.05, 4.69) is 26.6 Å². The topological polar surface area (TPSA) is 58.1 Å². The molecule has 0 fully saturated rings. The Hall–Kier alpha value is -3.09. The third-order valence-electron chi connectivity index (χ3n) is 4.89. The smallest absolute Gasteiger partial charge is 0.252 e. The van der Waals surface area contributed by atoms with E-state index in [1.54, 1.807) is 23.7 Å².